The van der Waals surface area contributed by atoms with E-state index in [0.717, 1.165) is 0 Å². The summed E-state index contributed by atoms with van der Waals surface area (Å²) in [5, 5.41) is 23.9. The van der Waals surface area contributed by atoms with Gasteiger partial charge in [-0.2, -0.15) is 0 Å². The second-order valence-corrected chi connectivity index (χ2v) is 7.07. The van der Waals surface area contributed by atoms with Crippen LogP contribution in [0.2, 0.25) is 0 Å². The number of aliphatic hydroxyl groups is 2. The van der Waals surface area contributed by atoms with Crippen LogP contribution in [0.4, 0.5) is 0 Å². The molecule has 0 aliphatic carbocycles. The molecular formula is C19H26N2O6. The minimum absolute atomic E-state index is 0.0974. The maximum Gasteiger partial charge on any atom is 0.251 e. The molecule has 1 aromatic rings. The Hall–Kier alpha value is -2.29. The van der Waals surface area contributed by atoms with Gasteiger partial charge in [0.2, 0.25) is 5.91 Å². The molecule has 1 aromatic carbocycles. The summed E-state index contributed by atoms with van der Waals surface area (Å²) in [6, 6.07) is 6.21. The van der Waals surface area contributed by atoms with Crippen molar-refractivity contribution in [2.24, 2.45) is 5.92 Å². The topological polar surface area (TPSA) is 128 Å². The molecule has 27 heavy (non-hydrogen) atoms. The van der Waals surface area contributed by atoms with E-state index in [1.807, 2.05) is 13.8 Å². The molecule has 3 atom stereocenters. The predicted molar refractivity (Wildman–Crippen MR) is 96.9 cm³/mol. The van der Waals surface area contributed by atoms with Gasteiger partial charge in [0.05, 0.1) is 25.9 Å². The van der Waals surface area contributed by atoms with Crippen LogP contribution >= 0.6 is 0 Å². The molecule has 0 spiro atoms. The highest BCUT2D eigenvalue weighted by Gasteiger charge is 2.54. The fourth-order valence-corrected chi connectivity index (χ4v) is 2.72. The molecule has 1 aliphatic heterocycles. The van der Waals surface area contributed by atoms with Gasteiger partial charge in [0.25, 0.3) is 5.91 Å². The Morgan fingerprint density at radius 1 is 1.11 bits per heavy atom. The quantitative estimate of drug-likeness (QED) is 0.412. The van der Waals surface area contributed by atoms with Gasteiger partial charge in [0, 0.05) is 5.56 Å². The summed E-state index contributed by atoms with van der Waals surface area (Å²) in [6.45, 7) is 2.83. The number of carbonyl (C=O) groups is 3. The molecule has 0 saturated carbocycles. The van der Waals surface area contributed by atoms with Crippen molar-refractivity contribution in [3.63, 3.8) is 0 Å². The summed E-state index contributed by atoms with van der Waals surface area (Å²) in [6.07, 6.45) is 0.348. The van der Waals surface area contributed by atoms with Crippen molar-refractivity contribution in [3.05, 3.63) is 35.9 Å². The Morgan fingerprint density at radius 3 is 2.22 bits per heavy atom. The van der Waals surface area contributed by atoms with Gasteiger partial charge in [-0.3, -0.25) is 14.4 Å². The number of hydrogen-bond acceptors (Lipinski definition) is 6. The van der Waals surface area contributed by atoms with E-state index < -0.39 is 48.5 Å². The third-order valence-electron chi connectivity index (χ3n) is 4.38. The second kappa shape index (κ2) is 9.07. The standard InChI is InChI=1S/C19H26N2O6/c1-12(2)8-14(16(24)19(10-23)11-27-19)20-18(26)15(9-22)21-17(25)13-6-4-3-5-7-13/h3-7,12,14-15,22-23H,8-11H2,1-2H3,(H,20,26)(H,21,25)/t14-,15-,19-/m0/s1. The first kappa shape index (κ1) is 21.0. The molecule has 2 rings (SSSR count). The zero-order valence-electron chi connectivity index (χ0n) is 15.5. The van der Waals surface area contributed by atoms with Gasteiger partial charge < -0.3 is 25.6 Å². The third kappa shape index (κ3) is 5.35. The fourth-order valence-electron chi connectivity index (χ4n) is 2.72. The van der Waals surface area contributed by atoms with Crippen molar-refractivity contribution in [2.75, 3.05) is 19.8 Å². The molecule has 0 aromatic heterocycles. The lowest BCUT2D eigenvalue weighted by molar-refractivity contribution is -0.133. The van der Waals surface area contributed by atoms with E-state index in [2.05, 4.69) is 10.6 Å². The minimum atomic E-state index is -1.26. The number of rotatable bonds is 10. The van der Waals surface area contributed by atoms with Crippen LogP contribution in [0.5, 0.6) is 0 Å². The molecule has 2 amide bonds. The number of Topliss-reactive ketones (excluding diaryl/α,β-unsaturated/α-hetero) is 1. The van der Waals surface area contributed by atoms with Crippen LogP contribution in [0.25, 0.3) is 0 Å². The Bertz CT molecular complexity index is 672. The van der Waals surface area contributed by atoms with Gasteiger partial charge in [-0.25, -0.2) is 0 Å². The molecule has 0 unspecified atom stereocenters. The first-order valence-corrected chi connectivity index (χ1v) is 8.89. The van der Waals surface area contributed by atoms with Crippen LogP contribution in [-0.4, -0.2) is 65.3 Å². The summed E-state index contributed by atoms with van der Waals surface area (Å²) < 4.78 is 5.09. The maximum atomic E-state index is 12.6. The number of nitrogens with one attached hydrogen (secondary N) is 2. The van der Waals surface area contributed by atoms with Crippen LogP contribution in [-0.2, 0) is 14.3 Å². The normalized spacial score (nSPS) is 20.6. The predicted octanol–water partition coefficient (Wildman–Crippen LogP) is -0.361. The third-order valence-corrected chi connectivity index (χ3v) is 4.38. The van der Waals surface area contributed by atoms with Crippen LogP contribution in [0.1, 0.15) is 30.6 Å². The van der Waals surface area contributed by atoms with Crippen LogP contribution in [0, 0.1) is 5.92 Å². The highest BCUT2D eigenvalue weighted by molar-refractivity contribution is 6.00. The first-order valence-electron chi connectivity index (χ1n) is 8.89. The lowest BCUT2D eigenvalue weighted by atomic mass is 9.92. The Labute approximate surface area is 157 Å². The smallest absolute Gasteiger partial charge is 0.251 e. The molecule has 1 saturated heterocycles. The van der Waals surface area contributed by atoms with E-state index in [1.165, 1.54) is 0 Å². The summed E-state index contributed by atoms with van der Waals surface area (Å²) in [7, 11) is 0. The SMILES string of the molecule is CC(C)C[C@H](NC(=O)[C@H](CO)NC(=O)c1ccccc1)C(=O)[C@]1(CO)CO1. The zero-order chi connectivity index (χ0) is 20.0. The van der Waals surface area contributed by atoms with Crippen LogP contribution in [0.15, 0.2) is 30.3 Å². The average molecular weight is 378 g/mol. The number of ketones is 1. The molecule has 1 aliphatic rings. The van der Waals surface area contributed by atoms with Gasteiger partial charge in [-0.1, -0.05) is 32.0 Å². The molecule has 148 valence electrons. The largest absolute Gasteiger partial charge is 0.394 e. The fraction of sp³-hybridized carbons (Fsp3) is 0.526. The van der Waals surface area contributed by atoms with Crippen molar-refractivity contribution >= 4 is 17.6 Å². The molecule has 8 heteroatoms. The maximum absolute atomic E-state index is 12.6. The number of hydrogen-bond donors (Lipinski definition) is 4. The van der Waals surface area contributed by atoms with Gasteiger partial charge in [-0.15, -0.1) is 0 Å². The summed E-state index contributed by atoms with van der Waals surface area (Å²) in [5.41, 5.74) is -0.904. The first-order chi connectivity index (χ1) is 12.8. The van der Waals surface area contributed by atoms with E-state index >= 15 is 0 Å². The van der Waals surface area contributed by atoms with Gasteiger partial charge in [0.15, 0.2) is 11.4 Å². The number of benzene rings is 1. The zero-order valence-corrected chi connectivity index (χ0v) is 15.5. The van der Waals surface area contributed by atoms with Crippen LogP contribution < -0.4 is 10.6 Å². The highest BCUT2D eigenvalue weighted by atomic mass is 16.6. The van der Waals surface area contributed by atoms with Gasteiger partial charge >= 0.3 is 0 Å². The molecule has 4 N–H and O–H groups in total. The van der Waals surface area contributed by atoms with Crippen molar-refractivity contribution < 1.29 is 29.3 Å². The lowest BCUT2D eigenvalue weighted by Crippen LogP contribution is -2.55. The number of amides is 2. The molecule has 8 nitrogen and oxygen atoms in total. The Morgan fingerprint density at radius 2 is 1.74 bits per heavy atom. The van der Waals surface area contributed by atoms with Crippen molar-refractivity contribution in [3.8, 4) is 0 Å². The number of carbonyl (C=O) groups excluding carboxylic acids is 3. The van der Waals surface area contributed by atoms with Crippen molar-refractivity contribution in [2.45, 2.75) is 38.0 Å². The Kier molecular flexibility index (Phi) is 7.06. The van der Waals surface area contributed by atoms with Crippen molar-refractivity contribution in [1.29, 1.82) is 0 Å². The molecule has 0 radical (unpaired) electrons. The van der Waals surface area contributed by atoms with Gasteiger partial charge in [-0.05, 0) is 24.5 Å². The number of ether oxygens (including phenoxy) is 1. The summed E-state index contributed by atoms with van der Waals surface area (Å²) in [4.78, 5) is 37.4. The highest BCUT2D eigenvalue weighted by Crippen LogP contribution is 2.30. The van der Waals surface area contributed by atoms with Crippen LogP contribution in [0.3, 0.4) is 0 Å². The lowest BCUT2D eigenvalue weighted by Gasteiger charge is -2.24. The van der Waals surface area contributed by atoms with E-state index in [4.69, 9.17) is 4.74 Å². The average Bonchev–Trinajstić information content (AvgIpc) is 3.46. The molecular weight excluding hydrogens is 352 g/mol. The number of aliphatic hydroxyl groups excluding tert-OH is 2. The van der Waals surface area contributed by atoms with Gasteiger partial charge in [0.1, 0.15) is 6.04 Å². The second-order valence-electron chi connectivity index (χ2n) is 7.07. The van der Waals surface area contributed by atoms with Crippen molar-refractivity contribution in [1.82, 2.24) is 10.6 Å². The minimum Gasteiger partial charge on any atom is -0.394 e. The van der Waals surface area contributed by atoms with E-state index in [0.29, 0.717) is 12.0 Å². The van der Waals surface area contributed by atoms with E-state index in [9.17, 15) is 24.6 Å². The van der Waals surface area contributed by atoms with E-state index in [1.54, 1.807) is 30.3 Å². The molecule has 0 bridgehead atoms. The molecule has 1 heterocycles. The summed E-state index contributed by atoms with van der Waals surface area (Å²) in [5.74, 6) is -1.48. The monoisotopic (exact) mass is 378 g/mol. The summed E-state index contributed by atoms with van der Waals surface area (Å²) >= 11 is 0. The van der Waals surface area contributed by atoms with E-state index in [-0.39, 0.29) is 12.5 Å². The Balaban J connectivity index is 2.05. The number of epoxide rings is 1. The molecule has 1 fully saturated rings.